The fourth-order valence-corrected chi connectivity index (χ4v) is 1.59. The van der Waals surface area contributed by atoms with E-state index in [0.717, 1.165) is 17.1 Å². The Labute approximate surface area is 101 Å². The number of rotatable bonds is 3. The van der Waals surface area contributed by atoms with E-state index < -0.39 is 0 Å². The standard InChI is InChI=1S/C14H15FN2/c1-17(2)14-8-4-7-13(10-14)16-12-6-3-5-11(15)9-12/h3-10,16H,1-2H3. The molecule has 0 unspecified atom stereocenters. The summed E-state index contributed by atoms with van der Waals surface area (Å²) in [6.07, 6.45) is 0. The van der Waals surface area contributed by atoms with Gasteiger partial charge in [-0.1, -0.05) is 12.1 Å². The van der Waals surface area contributed by atoms with Gasteiger partial charge in [-0.3, -0.25) is 0 Å². The molecule has 0 aliphatic heterocycles. The lowest BCUT2D eigenvalue weighted by Crippen LogP contribution is -2.08. The molecule has 0 amide bonds. The summed E-state index contributed by atoms with van der Waals surface area (Å²) in [5, 5.41) is 3.17. The predicted molar refractivity (Wildman–Crippen MR) is 70.5 cm³/mol. The van der Waals surface area contributed by atoms with Gasteiger partial charge in [-0.15, -0.1) is 0 Å². The summed E-state index contributed by atoms with van der Waals surface area (Å²) in [6.45, 7) is 0. The second-order valence-electron chi connectivity index (χ2n) is 4.08. The van der Waals surface area contributed by atoms with Crippen LogP contribution in [0.25, 0.3) is 0 Å². The highest BCUT2D eigenvalue weighted by Crippen LogP contribution is 2.21. The molecule has 0 aliphatic carbocycles. The molecule has 2 aromatic rings. The van der Waals surface area contributed by atoms with E-state index in [1.54, 1.807) is 6.07 Å². The topological polar surface area (TPSA) is 15.3 Å². The summed E-state index contributed by atoms with van der Waals surface area (Å²) >= 11 is 0. The van der Waals surface area contributed by atoms with Crippen LogP contribution in [-0.4, -0.2) is 14.1 Å². The number of hydrogen-bond donors (Lipinski definition) is 1. The van der Waals surface area contributed by atoms with Crippen LogP contribution in [0.2, 0.25) is 0 Å². The van der Waals surface area contributed by atoms with E-state index in [9.17, 15) is 4.39 Å². The average molecular weight is 230 g/mol. The van der Waals surface area contributed by atoms with Gasteiger partial charge in [-0.2, -0.15) is 0 Å². The quantitative estimate of drug-likeness (QED) is 0.866. The lowest BCUT2D eigenvalue weighted by atomic mass is 10.2. The van der Waals surface area contributed by atoms with Gasteiger partial charge in [0.05, 0.1) is 0 Å². The van der Waals surface area contributed by atoms with E-state index >= 15 is 0 Å². The third-order valence-electron chi connectivity index (χ3n) is 2.48. The Morgan fingerprint density at radius 2 is 1.59 bits per heavy atom. The molecule has 0 saturated heterocycles. The van der Waals surface area contributed by atoms with Crippen molar-refractivity contribution < 1.29 is 4.39 Å². The van der Waals surface area contributed by atoms with Gasteiger partial charge in [0, 0.05) is 31.2 Å². The second-order valence-corrected chi connectivity index (χ2v) is 4.08. The largest absolute Gasteiger partial charge is 0.378 e. The third-order valence-corrected chi connectivity index (χ3v) is 2.48. The molecule has 2 nitrogen and oxygen atoms in total. The first kappa shape index (κ1) is 11.5. The Balaban J connectivity index is 2.21. The van der Waals surface area contributed by atoms with Crippen molar-refractivity contribution in [2.45, 2.75) is 0 Å². The molecule has 0 fully saturated rings. The van der Waals surface area contributed by atoms with E-state index in [4.69, 9.17) is 0 Å². The summed E-state index contributed by atoms with van der Waals surface area (Å²) in [5.41, 5.74) is 2.80. The summed E-state index contributed by atoms with van der Waals surface area (Å²) in [4.78, 5) is 2.02. The monoisotopic (exact) mass is 230 g/mol. The third kappa shape index (κ3) is 2.97. The molecule has 0 aliphatic rings. The van der Waals surface area contributed by atoms with Crippen LogP contribution in [0.4, 0.5) is 21.5 Å². The first-order valence-electron chi connectivity index (χ1n) is 5.45. The Bertz CT molecular complexity index is 509. The molecule has 2 rings (SSSR count). The zero-order valence-corrected chi connectivity index (χ0v) is 9.94. The molecule has 3 heteroatoms. The molecule has 0 heterocycles. The summed E-state index contributed by atoms with van der Waals surface area (Å²) in [7, 11) is 3.97. The Hall–Kier alpha value is -2.03. The maximum Gasteiger partial charge on any atom is 0.125 e. The van der Waals surface area contributed by atoms with E-state index in [1.807, 2.05) is 49.3 Å². The molecule has 0 radical (unpaired) electrons. The van der Waals surface area contributed by atoms with Crippen LogP contribution < -0.4 is 10.2 Å². The molecule has 88 valence electrons. The van der Waals surface area contributed by atoms with Gasteiger partial charge in [0.1, 0.15) is 5.82 Å². The van der Waals surface area contributed by atoms with Crippen molar-refractivity contribution in [2.24, 2.45) is 0 Å². The van der Waals surface area contributed by atoms with Crippen LogP contribution >= 0.6 is 0 Å². The van der Waals surface area contributed by atoms with Crippen molar-refractivity contribution in [3.63, 3.8) is 0 Å². The maximum absolute atomic E-state index is 13.0. The Kier molecular flexibility index (Phi) is 3.28. The first-order chi connectivity index (χ1) is 8.15. The number of nitrogens with zero attached hydrogens (tertiary/aromatic N) is 1. The molecule has 1 N–H and O–H groups in total. The van der Waals surface area contributed by atoms with Crippen molar-refractivity contribution >= 4 is 17.1 Å². The molecule has 0 saturated carbocycles. The minimum Gasteiger partial charge on any atom is -0.378 e. The van der Waals surface area contributed by atoms with Crippen molar-refractivity contribution in [3.8, 4) is 0 Å². The van der Waals surface area contributed by atoms with Crippen LogP contribution in [0.5, 0.6) is 0 Å². The van der Waals surface area contributed by atoms with E-state index in [1.165, 1.54) is 12.1 Å². The number of halogens is 1. The summed E-state index contributed by atoms with van der Waals surface area (Å²) in [5.74, 6) is -0.237. The summed E-state index contributed by atoms with van der Waals surface area (Å²) < 4.78 is 13.0. The van der Waals surface area contributed by atoms with Gasteiger partial charge in [-0.05, 0) is 36.4 Å². The van der Waals surface area contributed by atoms with Gasteiger partial charge in [-0.25, -0.2) is 4.39 Å². The zero-order chi connectivity index (χ0) is 12.3. The van der Waals surface area contributed by atoms with Crippen molar-refractivity contribution in [2.75, 3.05) is 24.3 Å². The van der Waals surface area contributed by atoms with Crippen molar-refractivity contribution in [1.82, 2.24) is 0 Å². The van der Waals surface area contributed by atoms with Gasteiger partial charge in [0.15, 0.2) is 0 Å². The van der Waals surface area contributed by atoms with Gasteiger partial charge in [0.2, 0.25) is 0 Å². The van der Waals surface area contributed by atoms with E-state index in [-0.39, 0.29) is 5.82 Å². The fraction of sp³-hybridized carbons (Fsp3) is 0.143. The SMILES string of the molecule is CN(C)c1cccc(Nc2cccc(F)c2)c1. The van der Waals surface area contributed by atoms with Crippen molar-refractivity contribution in [1.29, 1.82) is 0 Å². The van der Waals surface area contributed by atoms with E-state index in [2.05, 4.69) is 5.32 Å². The molecular weight excluding hydrogens is 215 g/mol. The average Bonchev–Trinajstić information content (AvgIpc) is 2.29. The van der Waals surface area contributed by atoms with Crippen LogP contribution in [0, 0.1) is 5.82 Å². The number of nitrogens with one attached hydrogen (secondary N) is 1. The molecule has 2 aromatic carbocycles. The van der Waals surface area contributed by atoms with Crippen LogP contribution in [0.3, 0.4) is 0 Å². The second kappa shape index (κ2) is 4.87. The molecule has 0 spiro atoms. The normalized spacial score (nSPS) is 10.1. The minimum atomic E-state index is -0.237. The number of benzene rings is 2. The van der Waals surface area contributed by atoms with Gasteiger partial charge < -0.3 is 10.2 Å². The van der Waals surface area contributed by atoms with E-state index in [0.29, 0.717) is 0 Å². The number of anilines is 3. The maximum atomic E-state index is 13.0. The smallest absolute Gasteiger partial charge is 0.125 e. The van der Waals surface area contributed by atoms with Gasteiger partial charge >= 0.3 is 0 Å². The molecular formula is C14H15FN2. The van der Waals surface area contributed by atoms with Gasteiger partial charge in [0.25, 0.3) is 0 Å². The molecule has 17 heavy (non-hydrogen) atoms. The molecule has 0 bridgehead atoms. The molecule has 0 atom stereocenters. The van der Waals surface area contributed by atoms with Crippen molar-refractivity contribution in [3.05, 3.63) is 54.3 Å². The highest BCUT2D eigenvalue weighted by molar-refractivity contribution is 5.64. The zero-order valence-electron chi connectivity index (χ0n) is 9.94. The minimum absolute atomic E-state index is 0.237. The highest BCUT2D eigenvalue weighted by Gasteiger charge is 1.99. The number of hydrogen-bond acceptors (Lipinski definition) is 2. The lowest BCUT2D eigenvalue weighted by molar-refractivity contribution is 0.628. The summed E-state index contributed by atoms with van der Waals surface area (Å²) in [6, 6.07) is 14.4. The Morgan fingerprint density at radius 1 is 0.941 bits per heavy atom. The molecule has 0 aromatic heterocycles. The fourth-order valence-electron chi connectivity index (χ4n) is 1.59. The van der Waals surface area contributed by atoms with Crippen LogP contribution in [-0.2, 0) is 0 Å². The van der Waals surface area contributed by atoms with Crippen LogP contribution in [0.1, 0.15) is 0 Å². The van der Waals surface area contributed by atoms with Crippen LogP contribution in [0.15, 0.2) is 48.5 Å². The first-order valence-corrected chi connectivity index (χ1v) is 5.45. The Morgan fingerprint density at radius 3 is 2.24 bits per heavy atom. The highest BCUT2D eigenvalue weighted by atomic mass is 19.1. The predicted octanol–water partition coefficient (Wildman–Crippen LogP) is 3.64. The lowest BCUT2D eigenvalue weighted by Gasteiger charge is -2.14.